The standard InChI is InChI=1S/C31H35ClN2O/c1-31(2)16-15-30(24-11-13-26(32)14-12-24)25(22-31)23-33-17-19-34(20-18-33)27-7-6-10-29(21-27)35-28-8-4-3-5-9-28/h3-14,21H,15-20,22-23H2,1-2H3. The first-order valence-electron chi connectivity index (χ1n) is 12.7. The second-order valence-electron chi connectivity index (χ2n) is 10.6. The number of para-hydroxylation sites is 1. The van der Waals surface area contributed by atoms with Gasteiger partial charge in [-0.2, -0.15) is 0 Å². The highest BCUT2D eigenvalue weighted by atomic mass is 35.5. The molecule has 35 heavy (non-hydrogen) atoms. The molecule has 0 N–H and O–H groups in total. The molecule has 0 radical (unpaired) electrons. The number of nitrogens with zero attached hydrogens (tertiary/aromatic N) is 2. The average molecular weight is 487 g/mol. The molecule has 2 aliphatic rings. The highest BCUT2D eigenvalue weighted by molar-refractivity contribution is 6.30. The number of piperazine rings is 1. The van der Waals surface area contributed by atoms with Crippen molar-refractivity contribution in [3.63, 3.8) is 0 Å². The van der Waals surface area contributed by atoms with Gasteiger partial charge in [-0.3, -0.25) is 4.90 Å². The Morgan fingerprint density at radius 1 is 0.829 bits per heavy atom. The SMILES string of the molecule is CC1(C)CCC(c2ccc(Cl)cc2)=C(CN2CCN(c3cccc(Oc4ccccc4)c3)CC2)C1. The molecule has 4 heteroatoms. The van der Waals surface area contributed by atoms with E-state index < -0.39 is 0 Å². The van der Waals surface area contributed by atoms with Gasteiger partial charge in [0.25, 0.3) is 0 Å². The summed E-state index contributed by atoms with van der Waals surface area (Å²) in [5.74, 6) is 1.76. The zero-order valence-corrected chi connectivity index (χ0v) is 21.6. The van der Waals surface area contributed by atoms with Gasteiger partial charge >= 0.3 is 0 Å². The third kappa shape index (κ3) is 6.09. The largest absolute Gasteiger partial charge is 0.457 e. The van der Waals surface area contributed by atoms with Gasteiger partial charge in [0.05, 0.1) is 0 Å². The molecule has 1 heterocycles. The van der Waals surface area contributed by atoms with Crippen LogP contribution in [0.5, 0.6) is 11.5 Å². The van der Waals surface area contributed by atoms with E-state index >= 15 is 0 Å². The molecule has 1 aliphatic heterocycles. The monoisotopic (exact) mass is 486 g/mol. The summed E-state index contributed by atoms with van der Waals surface area (Å²) in [6.45, 7) is 10.1. The lowest BCUT2D eigenvalue weighted by molar-refractivity contribution is 0.256. The van der Waals surface area contributed by atoms with E-state index in [0.29, 0.717) is 5.41 Å². The van der Waals surface area contributed by atoms with Crippen LogP contribution in [-0.4, -0.2) is 37.6 Å². The van der Waals surface area contributed by atoms with E-state index in [9.17, 15) is 0 Å². The van der Waals surface area contributed by atoms with Crippen LogP contribution in [0.15, 0.2) is 84.4 Å². The summed E-state index contributed by atoms with van der Waals surface area (Å²) in [6.07, 6.45) is 3.56. The summed E-state index contributed by atoms with van der Waals surface area (Å²) in [7, 11) is 0. The third-order valence-electron chi connectivity index (χ3n) is 7.31. The minimum atomic E-state index is 0.367. The lowest BCUT2D eigenvalue weighted by atomic mass is 9.73. The predicted octanol–water partition coefficient (Wildman–Crippen LogP) is 7.92. The van der Waals surface area contributed by atoms with E-state index in [0.717, 1.165) is 55.7 Å². The lowest BCUT2D eigenvalue weighted by Crippen LogP contribution is -2.47. The van der Waals surface area contributed by atoms with Crippen LogP contribution in [0, 0.1) is 5.41 Å². The molecule has 0 saturated carbocycles. The van der Waals surface area contributed by atoms with Gasteiger partial charge < -0.3 is 9.64 Å². The fourth-order valence-electron chi connectivity index (χ4n) is 5.37. The van der Waals surface area contributed by atoms with Gasteiger partial charge in [-0.1, -0.05) is 67.4 Å². The van der Waals surface area contributed by atoms with Crippen molar-refractivity contribution in [2.75, 3.05) is 37.6 Å². The zero-order valence-electron chi connectivity index (χ0n) is 20.8. The Kier molecular flexibility index (Phi) is 7.17. The fraction of sp³-hybridized carbons (Fsp3) is 0.355. The van der Waals surface area contributed by atoms with Crippen LogP contribution in [0.4, 0.5) is 5.69 Å². The quantitative estimate of drug-likeness (QED) is 0.352. The Morgan fingerprint density at radius 2 is 1.54 bits per heavy atom. The van der Waals surface area contributed by atoms with Crippen LogP contribution in [0.1, 0.15) is 38.7 Å². The fourth-order valence-corrected chi connectivity index (χ4v) is 5.49. The number of benzene rings is 3. The molecule has 3 aromatic carbocycles. The van der Waals surface area contributed by atoms with Gasteiger partial charge in [0.2, 0.25) is 0 Å². The second-order valence-corrected chi connectivity index (χ2v) is 11.0. The number of halogens is 1. The molecule has 1 fully saturated rings. The van der Waals surface area contributed by atoms with Crippen LogP contribution in [0.3, 0.4) is 0 Å². The molecule has 0 atom stereocenters. The molecule has 1 aliphatic carbocycles. The van der Waals surface area contributed by atoms with Crippen LogP contribution >= 0.6 is 11.6 Å². The molecular weight excluding hydrogens is 452 g/mol. The molecule has 182 valence electrons. The van der Waals surface area contributed by atoms with Crippen molar-refractivity contribution in [3.05, 3.63) is 95.0 Å². The number of rotatable bonds is 6. The van der Waals surface area contributed by atoms with Crippen molar-refractivity contribution < 1.29 is 4.74 Å². The zero-order chi connectivity index (χ0) is 24.3. The van der Waals surface area contributed by atoms with Crippen LogP contribution in [0.25, 0.3) is 5.57 Å². The molecule has 0 bridgehead atoms. The summed E-state index contributed by atoms with van der Waals surface area (Å²) in [4.78, 5) is 5.11. The van der Waals surface area contributed by atoms with E-state index in [4.69, 9.17) is 16.3 Å². The van der Waals surface area contributed by atoms with Crippen molar-refractivity contribution >= 4 is 22.9 Å². The van der Waals surface area contributed by atoms with Crippen molar-refractivity contribution in [3.8, 4) is 11.5 Å². The van der Waals surface area contributed by atoms with E-state index in [1.165, 1.54) is 29.7 Å². The molecule has 3 aromatic rings. The van der Waals surface area contributed by atoms with Gasteiger partial charge in [0, 0.05) is 49.5 Å². The normalized spacial score (nSPS) is 18.5. The number of anilines is 1. The number of hydrogen-bond donors (Lipinski definition) is 0. The Labute approximate surface area is 215 Å². The summed E-state index contributed by atoms with van der Waals surface area (Å²) >= 11 is 6.17. The van der Waals surface area contributed by atoms with Crippen LogP contribution < -0.4 is 9.64 Å². The summed E-state index contributed by atoms with van der Waals surface area (Å²) < 4.78 is 6.06. The smallest absolute Gasteiger partial charge is 0.129 e. The molecule has 3 nitrogen and oxygen atoms in total. The molecule has 0 aromatic heterocycles. The van der Waals surface area contributed by atoms with Gasteiger partial charge in [-0.15, -0.1) is 0 Å². The van der Waals surface area contributed by atoms with E-state index in [-0.39, 0.29) is 0 Å². The summed E-state index contributed by atoms with van der Waals surface area (Å²) in [5.41, 5.74) is 6.09. The van der Waals surface area contributed by atoms with Crippen molar-refractivity contribution in [1.29, 1.82) is 0 Å². The van der Waals surface area contributed by atoms with Crippen molar-refractivity contribution in [1.82, 2.24) is 4.90 Å². The number of allylic oxidation sites excluding steroid dienone is 1. The summed E-state index contributed by atoms with van der Waals surface area (Å²) in [6, 6.07) is 26.9. The van der Waals surface area contributed by atoms with Crippen LogP contribution in [-0.2, 0) is 0 Å². The first-order valence-corrected chi connectivity index (χ1v) is 13.1. The average Bonchev–Trinajstić information content (AvgIpc) is 2.86. The minimum Gasteiger partial charge on any atom is -0.457 e. The van der Waals surface area contributed by atoms with Gasteiger partial charge in [0.15, 0.2) is 0 Å². The second kappa shape index (κ2) is 10.5. The first kappa shape index (κ1) is 24.0. The van der Waals surface area contributed by atoms with E-state index in [1.54, 1.807) is 5.57 Å². The molecule has 5 rings (SSSR count). The van der Waals surface area contributed by atoms with Gasteiger partial charge in [-0.05, 0) is 72.2 Å². The first-order chi connectivity index (χ1) is 16.9. The van der Waals surface area contributed by atoms with Crippen molar-refractivity contribution in [2.24, 2.45) is 5.41 Å². The van der Waals surface area contributed by atoms with Crippen molar-refractivity contribution in [2.45, 2.75) is 33.1 Å². The molecule has 0 unspecified atom stereocenters. The molecule has 0 amide bonds. The predicted molar refractivity (Wildman–Crippen MR) is 148 cm³/mol. The summed E-state index contributed by atoms with van der Waals surface area (Å²) in [5, 5.41) is 0.807. The molecule has 0 spiro atoms. The lowest BCUT2D eigenvalue weighted by Gasteiger charge is -2.39. The van der Waals surface area contributed by atoms with E-state index in [1.807, 2.05) is 48.5 Å². The Hall–Kier alpha value is -2.75. The Balaban J connectivity index is 1.25. The highest BCUT2D eigenvalue weighted by Crippen LogP contribution is 2.43. The van der Waals surface area contributed by atoms with E-state index in [2.05, 4.69) is 54.0 Å². The maximum Gasteiger partial charge on any atom is 0.129 e. The van der Waals surface area contributed by atoms with Gasteiger partial charge in [-0.25, -0.2) is 0 Å². The van der Waals surface area contributed by atoms with Crippen LogP contribution in [0.2, 0.25) is 5.02 Å². The number of ether oxygens (including phenoxy) is 1. The molecule has 1 saturated heterocycles. The minimum absolute atomic E-state index is 0.367. The van der Waals surface area contributed by atoms with Gasteiger partial charge in [0.1, 0.15) is 11.5 Å². The highest BCUT2D eigenvalue weighted by Gasteiger charge is 2.29. The Morgan fingerprint density at radius 3 is 2.29 bits per heavy atom. The maximum absolute atomic E-state index is 6.17. The molecular formula is C31H35ClN2O. The maximum atomic E-state index is 6.17. The Bertz CT molecular complexity index is 1160. The number of hydrogen-bond acceptors (Lipinski definition) is 3. The third-order valence-corrected chi connectivity index (χ3v) is 7.56. The topological polar surface area (TPSA) is 15.7 Å².